The van der Waals surface area contributed by atoms with Crippen LogP contribution in [0.5, 0.6) is 0 Å². The second kappa shape index (κ2) is 11.5. The summed E-state index contributed by atoms with van der Waals surface area (Å²) < 4.78 is 6.50. The van der Waals surface area contributed by atoms with E-state index in [1.807, 2.05) is 29.1 Å². The van der Waals surface area contributed by atoms with Gasteiger partial charge >= 0.3 is 5.97 Å². The lowest BCUT2D eigenvalue weighted by Crippen LogP contribution is -2.38. The van der Waals surface area contributed by atoms with Crippen LogP contribution in [0.3, 0.4) is 0 Å². The normalized spacial score (nSPS) is 10.7. The summed E-state index contributed by atoms with van der Waals surface area (Å²) in [6.45, 7) is 1.83. The first-order valence-electron chi connectivity index (χ1n) is 7.78. The van der Waals surface area contributed by atoms with E-state index in [0.717, 1.165) is 6.54 Å². The minimum atomic E-state index is -0.248. The predicted molar refractivity (Wildman–Crippen MR) is 108 cm³/mol. The quantitative estimate of drug-likeness (QED) is 0.287. The van der Waals surface area contributed by atoms with E-state index in [4.69, 9.17) is 0 Å². The first kappa shape index (κ1) is 20.9. The number of halogens is 1. The van der Waals surface area contributed by atoms with Crippen LogP contribution in [-0.4, -0.2) is 42.4 Å². The number of rotatable bonds is 7. The van der Waals surface area contributed by atoms with Crippen LogP contribution < -0.4 is 10.6 Å². The van der Waals surface area contributed by atoms with E-state index in [9.17, 15) is 4.79 Å². The van der Waals surface area contributed by atoms with Gasteiger partial charge in [0.2, 0.25) is 0 Å². The summed E-state index contributed by atoms with van der Waals surface area (Å²) in [7, 11) is 3.08. The van der Waals surface area contributed by atoms with Crippen molar-refractivity contribution >= 4 is 35.9 Å². The fourth-order valence-electron chi connectivity index (χ4n) is 2.24. The molecule has 0 bridgehead atoms. The lowest BCUT2D eigenvalue weighted by atomic mass is 10.1. The average Bonchev–Trinajstić information content (AvgIpc) is 3.12. The Hall–Kier alpha value is -2.10. The van der Waals surface area contributed by atoms with Crippen LogP contribution in [-0.2, 0) is 22.6 Å². The average molecular weight is 457 g/mol. The third-order valence-electron chi connectivity index (χ3n) is 3.53. The summed E-state index contributed by atoms with van der Waals surface area (Å²) in [4.78, 5) is 15.3. The first-order valence-corrected chi connectivity index (χ1v) is 7.78. The highest BCUT2D eigenvalue weighted by Gasteiger charge is 2.05. The number of nitrogens with zero attached hydrogens (tertiary/aromatic N) is 3. The Bertz CT molecular complexity index is 673. The zero-order valence-corrected chi connectivity index (χ0v) is 16.8. The molecule has 1 aromatic carbocycles. The van der Waals surface area contributed by atoms with Crippen molar-refractivity contribution in [1.29, 1.82) is 0 Å². The molecular formula is C17H24IN5O2. The Morgan fingerprint density at radius 1 is 1.24 bits per heavy atom. The van der Waals surface area contributed by atoms with Crippen LogP contribution >= 0.6 is 24.0 Å². The minimum absolute atomic E-state index is 0. The SMILES string of the molecule is CN=C(NCCC(=O)OC)NCc1ccccc1Cn1cccn1.I. The van der Waals surface area contributed by atoms with Gasteiger partial charge in [-0.25, -0.2) is 0 Å². The van der Waals surface area contributed by atoms with E-state index < -0.39 is 0 Å². The Balaban J connectivity index is 0.00000312. The molecular weight excluding hydrogens is 433 g/mol. The maximum atomic E-state index is 11.1. The van der Waals surface area contributed by atoms with Crippen molar-refractivity contribution in [3.05, 3.63) is 53.9 Å². The number of aliphatic imine (C=N–C) groups is 1. The van der Waals surface area contributed by atoms with E-state index in [2.05, 4.69) is 37.6 Å². The summed E-state index contributed by atoms with van der Waals surface area (Å²) in [6.07, 6.45) is 4.01. The van der Waals surface area contributed by atoms with Crippen LogP contribution in [0.1, 0.15) is 17.5 Å². The topological polar surface area (TPSA) is 80.5 Å². The summed E-state index contributed by atoms with van der Waals surface area (Å²) >= 11 is 0. The van der Waals surface area contributed by atoms with Gasteiger partial charge in [-0.05, 0) is 17.2 Å². The van der Waals surface area contributed by atoms with Crippen molar-refractivity contribution < 1.29 is 9.53 Å². The van der Waals surface area contributed by atoms with Crippen LogP contribution in [0.2, 0.25) is 0 Å². The van der Waals surface area contributed by atoms with E-state index in [1.54, 1.807) is 13.2 Å². The zero-order valence-electron chi connectivity index (χ0n) is 14.4. The Morgan fingerprint density at radius 2 is 2.00 bits per heavy atom. The van der Waals surface area contributed by atoms with E-state index in [1.165, 1.54) is 18.2 Å². The molecule has 0 atom stereocenters. The molecule has 0 aliphatic heterocycles. The number of esters is 1. The smallest absolute Gasteiger partial charge is 0.307 e. The fourth-order valence-corrected chi connectivity index (χ4v) is 2.24. The number of methoxy groups -OCH3 is 1. The van der Waals surface area contributed by atoms with Crippen molar-refractivity contribution in [2.45, 2.75) is 19.5 Å². The molecule has 1 heterocycles. The summed E-state index contributed by atoms with van der Waals surface area (Å²) in [5, 5.41) is 10.6. The molecule has 0 radical (unpaired) electrons. The van der Waals surface area contributed by atoms with Crippen molar-refractivity contribution in [3.8, 4) is 0 Å². The summed E-state index contributed by atoms with van der Waals surface area (Å²) in [5.74, 6) is 0.398. The number of hydrogen-bond acceptors (Lipinski definition) is 4. The van der Waals surface area contributed by atoms with Crippen molar-refractivity contribution in [3.63, 3.8) is 0 Å². The number of nitrogens with one attached hydrogen (secondary N) is 2. The molecule has 8 heteroatoms. The predicted octanol–water partition coefficient (Wildman–Crippen LogP) is 1.78. The lowest BCUT2D eigenvalue weighted by Gasteiger charge is -2.14. The van der Waals surface area contributed by atoms with E-state index in [-0.39, 0.29) is 29.9 Å². The lowest BCUT2D eigenvalue weighted by molar-refractivity contribution is -0.140. The van der Waals surface area contributed by atoms with Gasteiger partial charge in [0.15, 0.2) is 5.96 Å². The number of carbonyl (C=O) groups excluding carboxylic acids is 1. The molecule has 0 fully saturated rings. The molecule has 2 N–H and O–H groups in total. The van der Waals surface area contributed by atoms with Gasteiger partial charge in [0.05, 0.1) is 20.1 Å². The maximum absolute atomic E-state index is 11.1. The van der Waals surface area contributed by atoms with E-state index >= 15 is 0 Å². The molecule has 136 valence electrons. The monoisotopic (exact) mass is 457 g/mol. The van der Waals surface area contributed by atoms with Crippen LogP contribution in [0.25, 0.3) is 0 Å². The van der Waals surface area contributed by atoms with Crippen LogP contribution in [0.4, 0.5) is 0 Å². The van der Waals surface area contributed by atoms with Gasteiger partial charge in [-0.2, -0.15) is 5.10 Å². The number of benzene rings is 1. The number of carbonyl (C=O) groups is 1. The van der Waals surface area contributed by atoms with Crippen molar-refractivity contribution in [2.75, 3.05) is 20.7 Å². The van der Waals surface area contributed by atoms with Gasteiger partial charge in [-0.15, -0.1) is 24.0 Å². The molecule has 2 aromatic rings. The molecule has 0 unspecified atom stereocenters. The van der Waals surface area contributed by atoms with Gasteiger partial charge in [-0.3, -0.25) is 14.5 Å². The third-order valence-corrected chi connectivity index (χ3v) is 3.53. The maximum Gasteiger partial charge on any atom is 0.307 e. The second-order valence-electron chi connectivity index (χ2n) is 5.15. The molecule has 0 aliphatic rings. The highest BCUT2D eigenvalue weighted by atomic mass is 127. The van der Waals surface area contributed by atoms with Gasteiger partial charge in [0, 0.05) is 32.5 Å². The van der Waals surface area contributed by atoms with Gasteiger partial charge in [0.25, 0.3) is 0 Å². The van der Waals surface area contributed by atoms with Gasteiger partial charge in [-0.1, -0.05) is 24.3 Å². The highest BCUT2D eigenvalue weighted by Crippen LogP contribution is 2.10. The van der Waals surface area contributed by atoms with Gasteiger partial charge in [0.1, 0.15) is 0 Å². The molecule has 7 nitrogen and oxygen atoms in total. The molecule has 0 amide bonds. The summed E-state index contributed by atoms with van der Waals surface area (Å²) in [5.41, 5.74) is 2.36. The highest BCUT2D eigenvalue weighted by molar-refractivity contribution is 14.0. The largest absolute Gasteiger partial charge is 0.469 e. The number of guanidine groups is 1. The number of aromatic nitrogens is 2. The summed E-state index contributed by atoms with van der Waals surface area (Å²) in [6, 6.07) is 10.1. The van der Waals surface area contributed by atoms with Crippen molar-refractivity contribution in [2.24, 2.45) is 4.99 Å². The van der Waals surface area contributed by atoms with Crippen LogP contribution in [0.15, 0.2) is 47.7 Å². The second-order valence-corrected chi connectivity index (χ2v) is 5.15. The molecule has 1 aromatic heterocycles. The molecule has 0 spiro atoms. The molecule has 0 saturated carbocycles. The number of ether oxygens (including phenoxy) is 1. The Kier molecular flexibility index (Phi) is 9.60. The first-order chi connectivity index (χ1) is 11.7. The third kappa shape index (κ3) is 7.12. The van der Waals surface area contributed by atoms with Gasteiger partial charge < -0.3 is 15.4 Å². The fraction of sp³-hybridized carbons (Fsp3) is 0.353. The molecule has 0 saturated heterocycles. The Labute approximate surface area is 164 Å². The molecule has 0 aliphatic carbocycles. The molecule has 25 heavy (non-hydrogen) atoms. The van der Waals surface area contributed by atoms with Crippen molar-refractivity contribution in [1.82, 2.24) is 20.4 Å². The number of hydrogen-bond donors (Lipinski definition) is 2. The molecule has 2 rings (SSSR count). The zero-order chi connectivity index (χ0) is 17.2. The standard InChI is InChI=1S/C17H23N5O2.HI/c1-18-17(19-10-8-16(23)24-2)20-12-14-6-3-4-7-15(14)13-22-11-5-9-21-22;/h3-7,9,11H,8,10,12-13H2,1-2H3,(H2,18,19,20);1H. The van der Waals surface area contributed by atoms with Crippen LogP contribution in [0, 0.1) is 0 Å². The minimum Gasteiger partial charge on any atom is -0.469 e. The Morgan fingerprint density at radius 3 is 2.64 bits per heavy atom. The van der Waals surface area contributed by atoms with E-state index in [0.29, 0.717) is 25.5 Å².